The quantitative estimate of drug-likeness (QED) is 0.202. The summed E-state index contributed by atoms with van der Waals surface area (Å²) in [4.78, 5) is 10.4. The first-order chi connectivity index (χ1) is 18.6. The van der Waals surface area contributed by atoms with Crippen LogP contribution in [0.5, 0.6) is 11.6 Å². The van der Waals surface area contributed by atoms with Gasteiger partial charge in [0.2, 0.25) is 5.88 Å². The van der Waals surface area contributed by atoms with Crippen molar-refractivity contribution < 1.29 is 27.8 Å². The van der Waals surface area contributed by atoms with Gasteiger partial charge in [-0.15, -0.1) is 0 Å². The molecule has 2 aromatic carbocycles. The van der Waals surface area contributed by atoms with Gasteiger partial charge in [-0.25, -0.2) is 9.37 Å². The van der Waals surface area contributed by atoms with Gasteiger partial charge in [0.1, 0.15) is 11.6 Å². The maximum atomic E-state index is 15.2. The molecule has 0 spiro atoms. The Hall–Kier alpha value is -4.38. The van der Waals surface area contributed by atoms with E-state index in [0.29, 0.717) is 29.3 Å². The van der Waals surface area contributed by atoms with Crippen LogP contribution in [0.3, 0.4) is 0 Å². The standard InChI is InChI=1S/C28H30F3N5O3/c1-7-36(24-16-21(25(32-4)35-33-5)26(38-6)34-17(24)2)18(3)28(37,22-10-8-9-11-23(22)29)19-12-14-20(15-13-19)39-27(30)31/h8-16,27,37H,3,5,7H2,1-2,4,6H3,(H,32,35). The van der Waals surface area contributed by atoms with Crippen molar-refractivity contribution >= 4 is 18.2 Å². The lowest BCUT2D eigenvalue weighted by Crippen LogP contribution is -2.40. The normalized spacial score (nSPS) is 13.0. The predicted octanol–water partition coefficient (Wildman–Crippen LogP) is 5.00. The predicted molar refractivity (Wildman–Crippen MR) is 145 cm³/mol. The van der Waals surface area contributed by atoms with E-state index in [1.54, 1.807) is 31.0 Å². The Kier molecular flexibility index (Phi) is 9.31. The summed E-state index contributed by atoms with van der Waals surface area (Å²) in [6.45, 7) is 8.46. The van der Waals surface area contributed by atoms with Crippen molar-refractivity contribution in [1.29, 1.82) is 0 Å². The first-order valence-electron chi connectivity index (χ1n) is 11.9. The number of halogens is 3. The number of hydrazone groups is 1. The number of anilines is 1. The number of aliphatic hydroxyl groups is 1. The number of aromatic nitrogens is 1. The Morgan fingerprint density at radius 2 is 1.87 bits per heavy atom. The highest BCUT2D eigenvalue weighted by Gasteiger charge is 2.40. The lowest BCUT2D eigenvalue weighted by Gasteiger charge is -2.39. The Balaban J connectivity index is 2.22. The van der Waals surface area contributed by atoms with Crippen LogP contribution in [0.1, 0.15) is 29.3 Å². The lowest BCUT2D eigenvalue weighted by molar-refractivity contribution is -0.0498. The van der Waals surface area contributed by atoms with Crippen LogP contribution in [0.15, 0.2) is 77.0 Å². The molecule has 0 bridgehead atoms. The van der Waals surface area contributed by atoms with Crippen LogP contribution in [0.2, 0.25) is 0 Å². The second-order valence-electron chi connectivity index (χ2n) is 8.28. The molecule has 0 amide bonds. The number of hydrogen-bond donors (Lipinski definition) is 2. The number of methoxy groups -OCH3 is 1. The van der Waals surface area contributed by atoms with Gasteiger partial charge in [0.15, 0.2) is 11.4 Å². The number of aliphatic imine (C=N–C) groups is 1. The number of hydrogen-bond acceptors (Lipinski definition) is 7. The lowest BCUT2D eigenvalue weighted by atomic mass is 9.82. The third-order valence-electron chi connectivity index (χ3n) is 6.12. The molecule has 39 heavy (non-hydrogen) atoms. The van der Waals surface area contributed by atoms with Gasteiger partial charge in [0.05, 0.1) is 29.8 Å². The van der Waals surface area contributed by atoms with Crippen LogP contribution in [0.4, 0.5) is 18.9 Å². The van der Waals surface area contributed by atoms with Crippen LogP contribution >= 0.6 is 0 Å². The number of benzene rings is 2. The third-order valence-corrected chi connectivity index (χ3v) is 6.12. The van der Waals surface area contributed by atoms with Crippen LogP contribution in [-0.4, -0.2) is 50.0 Å². The van der Waals surface area contributed by atoms with E-state index in [1.807, 2.05) is 6.92 Å². The molecule has 3 aromatic rings. The molecule has 0 aliphatic heterocycles. The van der Waals surface area contributed by atoms with E-state index >= 15 is 4.39 Å². The van der Waals surface area contributed by atoms with E-state index in [9.17, 15) is 13.9 Å². The average Bonchev–Trinajstić information content (AvgIpc) is 2.92. The average molecular weight is 542 g/mol. The number of aryl methyl sites for hydroxylation is 1. The molecule has 0 radical (unpaired) electrons. The molecule has 0 aliphatic carbocycles. The molecule has 0 saturated heterocycles. The van der Waals surface area contributed by atoms with Gasteiger partial charge in [-0.1, -0.05) is 36.9 Å². The number of ether oxygens (including phenoxy) is 2. The number of nitrogens with one attached hydrogen (secondary N) is 1. The Bertz CT molecular complexity index is 1370. The molecular weight excluding hydrogens is 511 g/mol. The molecule has 206 valence electrons. The first-order valence-corrected chi connectivity index (χ1v) is 11.9. The van der Waals surface area contributed by atoms with Crippen LogP contribution in [0.25, 0.3) is 0 Å². The fourth-order valence-corrected chi connectivity index (χ4v) is 4.29. The summed E-state index contributed by atoms with van der Waals surface area (Å²) in [7, 11) is 3.02. The topological polar surface area (TPSA) is 91.6 Å². The van der Waals surface area contributed by atoms with E-state index in [1.165, 1.54) is 49.6 Å². The minimum atomic E-state index is -3.02. The number of nitrogens with zero attached hydrogens (tertiary/aromatic N) is 4. The number of rotatable bonds is 11. The van der Waals surface area contributed by atoms with Gasteiger partial charge < -0.3 is 19.5 Å². The molecule has 1 heterocycles. The van der Waals surface area contributed by atoms with E-state index in [-0.39, 0.29) is 28.5 Å². The second kappa shape index (κ2) is 12.4. The largest absolute Gasteiger partial charge is 0.480 e. The van der Waals surface area contributed by atoms with Crippen molar-refractivity contribution in [1.82, 2.24) is 10.4 Å². The van der Waals surface area contributed by atoms with Crippen molar-refractivity contribution in [3.05, 3.63) is 95.1 Å². The Morgan fingerprint density at radius 1 is 1.21 bits per heavy atom. The van der Waals surface area contributed by atoms with E-state index < -0.39 is 18.0 Å². The number of pyridine rings is 1. The Labute approximate surface area is 225 Å². The molecule has 0 aliphatic rings. The van der Waals surface area contributed by atoms with E-state index in [2.05, 4.69) is 38.5 Å². The third kappa shape index (κ3) is 5.88. The molecule has 1 atom stereocenters. The summed E-state index contributed by atoms with van der Waals surface area (Å²) in [5.41, 5.74) is 2.29. The zero-order valence-electron chi connectivity index (χ0n) is 22.1. The summed E-state index contributed by atoms with van der Waals surface area (Å²) in [6, 6.07) is 12.8. The van der Waals surface area contributed by atoms with Crippen LogP contribution < -0.4 is 19.8 Å². The van der Waals surface area contributed by atoms with Crippen molar-refractivity contribution in [2.45, 2.75) is 26.1 Å². The highest BCUT2D eigenvalue weighted by atomic mass is 19.3. The summed E-state index contributed by atoms with van der Waals surface area (Å²) < 4.78 is 50.5. The molecule has 8 nitrogen and oxygen atoms in total. The molecule has 0 saturated carbocycles. The van der Waals surface area contributed by atoms with Gasteiger partial charge in [0, 0.05) is 25.9 Å². The molecule has 11 heteroatoms. The monoisotopic (exact) mass is 541 g/mol. The first kappa shape index (κ1) is 29.2. The fraction of sp³-hybridized carbons (Fsp3) is 0.250. The maximum Gasteiger partial charge on any atom is 0.387 e. The van der Waals surface area contributed by atoms with Gasteiger partial charge in [-0.05, 0) is 43.7 Å². The van der Waals surface area contributed by atoms with E-state index in [0.717, 1.165) is 0 Å². The van der Waals surface area contributed by atoms with Crippen molar-refractivity contribution in [3.63, 3.8) is 0 Å². The summed E-state index contributed by atoms with van der Waals surface area (Å²) in [5, 5.41) is 15.9. The smallest absolute Gasteiger partial charge is 0.387 e. The zero-order valence-corrected chi connectivity index (χ0v) is 22.1. The van der Waals surface area contributed by atoms with E-state index in [4.69, 9.17) is 4.74 Å². The van der Waals surface area contributed by atoms with Gasteiger partial charge >= 0.3 is 6.61 Å². The van der Waals surface area contributed by atoms with Gasteiger partial charge in [-0.3, -0.25) is 10.4 Å². The van der Waals surface area contributed by atoms with Crippen molar-refractivity contribution in [2.24, 2.45) is 10.1 Å². The highest BCUT2D eigenvalue weighted by molar-refractivity contribution is 6.01. The minimum Gasteiger partial charge on any atom is -0.480 e. The molecular formula is C28H30F3N5O3. The van der Waals surface area contributed by atoms with Crippen LogP contribution in [-0.2, 0) is 5.60 Å². The number of amidine groups is 1. The van der Waals surface area contributed by atoms with Gasteiger partial charge in [0.25, 0.3) is 0 Å². The number of alkyl halides is 2. The SMILES string of the molecule is C=NNC(=NC)c1cc(N(CC)C(=C)C(O)(c2ccc(OC(F)F)cc2)c2ccccc2F)c(C)nc1OC. The summed E-state index contributed by atoms with van der Waals surface area (Å²) >= 11 is 0. The zero-order chi connectivity index (χ0) is 28.7. The molecule has 3 rings (SSSR count). The Morgan fingerprint density at radius 3 is 2.41 bits per heavy atom. The maximum absolute atomic E-state index is 15.2. The molecule has 2 N–H and O–H groups in total. The molecule has 0 fully saturated rings. The fourth-order valence-electron chi connectivity index (χ4n) is 4.29. The van der Waals surface area contributed by atoms with Crippen LogP contribution in [0, 0.1) is 12.7 Å². The second-order valence-corrected chi connectivity index (χ2v) is 8.28. The summed E-state index contributed by atoms with van der Waals surface area (Å²) in [6.07, 6.45) is 0. The van der Waals surface area contributed by atoms with Gasteiger partial charge in [-0.2, -0.15) is 13.9 Å². The van der Waals surface area contributed by atoms with Crippen molar-refractivity contribution in [2.75, 3.05) is 25.6 Å². The summed E-state index contributed by atoms with van der Waals surface area (Å²) in [5.74, 6) is -0.195. The number of likely N-dealkylation sites (N-methyl/N-ethyl adjacent to an activating group) is 1. The molecule has 1 aromatic heterocycles. The highest BCUT2D eigenvalue weighted by Crippen LogP contribution is 2.42. The minimum absolute atomic E-state index is 0.0799. The molecule has 1 unspecified atom stereocenters. The van der Waals surface area contributed by atoms with Crippen molar-refractivity contribution in [3.8, 4) is 11.6 Å².